The zero-order chi connectivity index (χ0) is 25.8. The van der Waals surface area contributed by atoms with Crippen molar-refractivity contribution in [1.82, 2.24) is 5.32 Å². The van der Waals surface area contributed by atoms with Gasteiger partial charge in [0.1, 0.15) is 12.6 Å². The van der Waals surface area contributed by atoms with Crippen LogP contribution < -0.4 is 19.7 Å². The minimum atomic E-state index is -0.938. The molecule has 192 valence electrons. The standard InChI is InChI=1S/C29H30N2O5S/c1-19(32)20-13-15-22(16-14-20)31(29(34)25-18-35-23-10-5-6-11-24(23)36-25)27(26-12-7-17-37-26)28(33)30-21-8-3-2-4-9-21/h5-7,10-17,21,25,27H,2-4,8-9,18H2,1H3,(H,30,33)/t25-,27+/m1/s1. The maximum absolute atomic E-state index is 14.1. The van der Waals surface area contributed by atoms with E-state index in [0.29, 0.717) is 22.7 Å². The van der Waals surface area contributed by atoms with E-state index in [9.17, 15) is 14.4 Å². The molecule has 1 saturated carbocycles. The second-order valence-electron chi connectivity index (χ2n) is 9.44. The quantitative estimate of drug-likeness (QED) is 0.428. The Morgan fingerprint density at radius 1 is 0.946 bits per heavy atom. The number of nitrogens with one attached hydrogen (secondary N) is 1. The molecule has 2 amide bonds. The summed E-state index contributed by atoms with van der Waals surface area (Å²) in [4.78, 5) is 42.1. The summed E-state index contributed by atoms with van der Waals surface area (Å²) in [6.45, 7) is 1.52. The van der Waals surface area contributed by atoms with Crippen LogP contribution >= 0.6 is 11.3 Å². The van der Waals surface area contributed by atoms with Gasteiger partial charge in [0.15, 0.2) is 17.3 Å². The summed E-state index contributed by atoms with van der Waals surface area (Å²) in [6.07, 6.45) is 4.26. The molecule has 0 spiro atoms. The molecule has 5 rings (SSSR count). The van der Waals surface area contributed by atoms with Gasteiger partial charge in [-0.15, -0.1) is 11.3 Å². The van der Waals surface area contributed by atoms with Crippen LogP contribution in [0.3, 0.4) is 0 Å². The monoisotopic (exact) mass is 518 g/mol. The number of thiophene rings is 1. The summed E-state index contributed by atoms with van der Waals surface area (Å²) >= 11 is 1.42. The number of carbonyl (C=O) groups excluding carboxylic acids is 3. The normalized spacial score (nSPS) is 18.0. The number of nitrogens with zero attached hydrogens (tertiary/aromatic N) is 1. The second-order valence-corrected chi connectivity index (χ2v) is 10.4. The lowest BCUT2D eigenvalue weighted by atomic mass is 9.95. The van der Waals surface area contributed by atoms with Crippen molar-refractivity contribution >= 4 is 34.6 Å². The highest BCUT2D eigenvalue weighted by Crippen LogP contribution is 2.35. The Balaban J connectivity index is 1.52. The number of ether oxygens (including phenoxy) is 2. The van der Waals surface area contributed by atoms with E-state index in [2.05, 4.69) is 5.32 Å². The van der Waals surface area contributed by atoms with Gasteiger partial charge in [-0.2, -0.15) is 0 Å². The van der Waals surface area contributed by atoms with Crippen molar-refractivity contribution in [2.45, 2.75) is 57.2 Å². The van der Waals surface area contributed by atoms with Crippen molar-refractivity contribution in [3.63, 3.8) is 0 Å². The number of benzene rings is 2. The van der Waals surface area contributed by atoms with E-state index in [1.54, 1.807) is 36.4 Å². The fourth-order valence-corrected chi connectivity index (χ4v) is 5.72. The number of rotatable bonds is 7. The van der Waals surface area contributed by atoms with Crippen LogP contribution in [0, 0.1) is 0 Å². The van der Waals surface area contributed by atoms with E-state index >= 15 is 0 Å². The first kappa shape index (κ1) is 25.0. The maximum Gasteiger partial charge on any atom is 0.272 e. The van der Waals surface area contributed by atoms with Crippen LogP contribution in [0.5, 0.6) is 11.5 Å². The van der Waals surface area contributed by atoms with Crippen molar-refractivity contribution < 1.29 is 23.9 Å². The van der Waals surface area contributed by atoms with Gasteiger partial charge >= 0.3 is 0 Å². The second kappa shape index (κ2) is 11.2. The zero-order valence-electron chi connectivity index (χ0n) is 20.7. The number of anilines is 1. The molecule has 1 fully saturated rings. The number of hydrogen-bond acceptors (Lipinski definition) is 6. The number of hydrogen-bond donors (Lipinski definition) is 1. The van der Waals surface area contributed by atoms with Gasteiger partial charge < -0.3 is 14.8 Å². The topological polar surface area (TPSA) is 84.9 Å². The molecule has 1 aliphatic carbocycles. The van der Waals surface area contributed by atoms with Gasteiger partial charge in [0.25, 0.3) is 5.91 Å². The minimum absolute atomic E-state index is 0.0271. The number of Topliss-reactive ketones (excluding diaryl/α,β-unsaturated/α-hetero) is 1. The largest absolute Gasteiger partial charge is 0.485 e. The molecule has 2 aliphatic rings. The predicted octanol–water partition coefficient (Wildman–Crippen LogP) is 5.31. The summed E-state index contributed by atoms with van der Waals surface area (Å²) in [5, 5.41) is 5.11. The van der Waals surface area contributed by atoms with Gasteiger partial charge in [-0.3, -0.25) is 19.3 Å². The van der Waals surface area contributed by atoms with Gasteiger partial charge in [0.2, 0.25) is 12.0 Å². The summed E-state index contributed by atoms with van der Waals surface area (Å²) in [5.41, 5.74) is 1.04. The first-order chi connectivity index (χ1) is 18.0. The lowest BCUT2D eigenvalue weighted by molar-refractivity contribution is -0.132. The molecule has 2 heterocycles. The molecule has 37 heavy (non-hydrogen) atoms. The van der Waals surface area contributed by atoms with Crippen molar-refractivity contribution in [3.8, 4) is 11.5 Å². The van der Waals surface area contributed by atoms with Crippen LogP contribution in [-0.2, 0) is 9.59 Å². The SMILES string of the molecule is CC(=O)c1ccc(N(C(=O)[C@H]2COc3ccccc3O2)[C@H](C(=O)NC2CCCCC2)c2cccs2)cc1. The molecule has 0 bridgehead atoms. The lowest BCUT2D eigenvalue weighted by Gasteiger charge is -2.35. The van der Waals surface area contributed by atoms with Crippen molar-refractivity contribution in [2.75, 3.05) is 11.5 Å². The van der Waals surface area contributed by atoms with Crippen LogP contribution in [0.2, 0.25) is 0 Å². The lowest BCUT2D eigenvalue weighted by Crippen LogP contribution is -2.52. The number of para-hydroxylation sites is 2. The molecule has 0 radical (unpaired) electrons. The summed E-state index contributed by atoms with van der Waals surface area (Å²) in [6, 6.07) is 16.9. The summed E-state index contributed by atoms with van der Waals surface area (Å²) in [7, 11) is 0. The molecule has 3 aromatic rings. The van der Waals surface area contributed by atoms with Crippen LogP contribution in [-0.4, -0.2) is 36.4 Å². The van der Waals surface area contributed by atoms with Crippen molar-refractivity contribution in [2.24, 2.45) is 0 Å². The molecule has 0 unspecified atom stereocenters. The summed E-state index contributed by atoms with van der Waals surface area (Å²) in [5.74, 6) is 0.375. The Labute approximate surface area is 220 Å². The molecule has 0 saturated heterocycles. The molecule has 7 nitrogen and oxygen atoms in total. The molecule has 1 aliphatic heterocycles. The van der Waals surface area contributed by atoms with Crippen molar-refractivity contribution in [1.29, 1.82) is 0 Å². The Morgan fingerprint density at radius 3 is 2.35 bits per heavy atom. The first-order valence-corrected chi connectivity index (χ1v) is 13.6. The van der Waals surface area contributed by atoms with Crippen LogP contribution in [0.15, 0.2) is 66.0 Å². The third kappa shape index (κ3) is 5.54. The Morgan fingerprint density at radius 2 is 1.68 bits per heavy atom. The summed E-state index contributed by atoms with van der Waals surface area (Å²) < 4.78 is 11.9. The van der Waals surface area contributed by atoms with Gasteiger partial charge in [-0.25, -0.2) is 0 Å². The number of amides is 2. The molecule has 1 N–H and O–H groups in total. The molecule has 2 atom stereocenters. The molecule has 8 heteroatoms. The minimum Gasteiger partial charge on any atom is -0.485 e. The third-order valence-corrected chi connectivity index (χ3v) is 7.77. The van der Waals surface area contributed by atoms with Gasteiger partial charge in [-0.05, 0) is 67.6 Å². The van der Waals surface area contributed by atoms with E-state index < -0.39 is 12.1 Å². The Bertz CT molecular complexity index is 1250. The molecule has 2 aromatic carbocycles. The van der Waals surface area contributed by atoms with Gasteiger partial charge in [0, 0.05) is 22.2 Å². The predicted molar refractivity (Wildman–Crippen MR) is 142 cm³/mol. The third-order valence-electron chi connectivity index (χ3n) is 6.84. The van der Waals surface area contributed by atoms with Crippen molar-refractivity contribution in [3.05, 3.63) is 76.5 Å². The van der Waals surface area contributed by atoms with Crippen LogP contribution in [0.25, 0.3) is 0 Å². The molecular weight excluding hydrogens is 488 g/mol. The fraction of sp³-hybridized carbons (Fsp3) is 0.345. The smallest absolute Gasteiger partial charge is 0.272 e. The first-order valence-electron chi connectivity index (χ1n) is 12.7. The van der Waals surface area contributed by atoms with Gasteiger partial charge in [0.05, 0.1) is 0 Å². The fourth-order valence-electron chi connectivity index (χ4n) is 4.90. The number of fused-ring (bicyclic) bond motifs is 1. The highest BCUT2D eigenvalue weighted by Gasteiger charge is 2.40. The average molecular weight is 519 g/mol. The highest BCUT2D eigenvalue weighted by atomic mass is 32.1. The van der Waals surface area contributed by atoms with E-state index in [1.165, 1.54) is 29.6 Å². The van der Waals surface area contributed by atoms with E-state index in [4.69, 9.17) is 9.47 Å². The molecular formula is C29H30N2O5S. The Hall–Kier alpha value is -3.65. The maximum atomic E-state index is 14.1. The Kier molecular flexibility index (Phi) is 7.55. The number of carbonyl (C=O) groups is 3. The van der Waals surface area contributed by atoms with E-state index in [1.807, 2.05) is 29.6 Å². The molecule has 1 aromatic heterocycles. The van der Waals surface area contributed by atoms with Crippen LogP contribution in [0.4, 0.5) is 5.69 Å². The van der Waals surface area contributed by atoms with E-state index in [0.717, 1.165) is 30.6 Å². The van der Waals surface area contributed by atoms with Crippen LogP contribution in [0.1, 0.15) is 60.3 Å². The van der Waals surface area contributed by atoms with E-state index in [-0.39, 0.29) is 30.2 Å². The highest BCUT2D eigenvalue weighted by molar-refractivity contribution is 7.10. The zero-order valence-corrected chi connectivity index (χ0v) is 21.5. The average Bonchev–Trinajstić information content (AvgIpc) is 3.46. The van der Waals surface area contributed by atoms with Gasteiger partial charge in [-0.1, -0.05) is 37.5 Å². The number of ketones is 1.